The minimum Gasteiger partial charge on any atom is -0.466 e. The number of aliphatic imine (C=N–C) groups is 1. The summed E-state index contributed by atoms with van der Waals surface area (Å²) >= 11 is 1.89. The first kappa shape index (κ1) is 11.6. The number of nitrogens with zero attached hydrogens (tertiary/aromatic N) is 2. The Hall–Kier alpha value is -1.16. The molecule has 2 atom stereocenters. The summed E-state index contributed by atoms with van der Waals surface area (Å²) in [5.74, 6) is 2.19. The Kier molecular flexibility index (Phi) is 2.56. The van der Waals surface area contributed by atoms with Crippen LogP contribution < -0.4 is 4.74 Å². The van der Waals surface area contributed by atoms with Gasteiger partial charge in [-0.2, -0.15) is 0 Å². The summed E-state index contributed by atoms with van der Waals surface area (Å²) in [6, 6.07) is 8.88. The molecule has 100 valence electrons. The highest BCUT2D eigenvalue weighted by atomic mass is 32.2. The molecule has 0 unspecified atom stereocenters. The Morgan fingerprint density at radius 2 is 2.26 bits per heavy atom. The maximum Gasteiger partial charge on any atom is 0.202 e. The molecule has 0 spiro atoms. The van der Waals surface area contributed by atoms with Crippen molar-refractivity contribution >= 4 is 16.9 Å². The van der Waals surface area contributed by atoms with Gasteiger partial charge in [-0.3, -0.25) is 0 Å². The Bertz CT molecular complexity index is 545. The van der Waals surface area contributed by atoms with Gasteiger partial charge < -0.3 is 9.64 Å². The maximum atomic E-state index is 6.15. The van der Waals surface area contributed by atoms with Crippen molar-refractivity contribution in [3.8, 4) is 5.75 Å². The van der Waals surface area contributed by atoms with Crippen LogP contribution >= 0.6 is 11.8 Å². The molecule has 0 aromatic heterocycles. The number of rotatable bonds is 0. The Morgan fingerprint density at radius 3 is 3.21 bits per heavy atom. The molecule has 4 rings (SSSR count). The number of fused-ring (bicyclic) bond motifs is 6. The third-order valence-corrected chi connectivity index (χ3v) is 5.24. The fourth-order valence-corrected chi connectivity index (χ4v) is 4.43. The van der Waals surface area contributed by atoms with Gasteiger partial charge in [-0.15, -0.1) is 0 Å². The summed E-state index contributed by atoms with van der Waals surface area (Å²) in [7, 11) is 0. The van der Waals surface area contributed by atoms with Gasteiger partial charge in [0.2, 0.25) is 5.72 Å². The number of thioether (sulfide) groups is 1. The number of amidine groups is 1. The van der Waals surface area contributed by atoms with Crippen LogP contribution in [0.3, 0.4) is 0 Å². The van der Waals surface area contributed by atoms with Crippen molar-refractivity contribution in [1.29, 1.82) is 0 Å². The number of hydrogen-bond donors (Lipinski definition) is 0. The van der Waals surface area contributed by atoms with Crippen LogP contribution in [0.2, 0.25) is 0 Å². The van der Waals surface area contributed by atoms with Crippen molar-refractivity contribution in [2.75, 3.05) is 12.3 Å². The minimum absolute atomic E-state index is 0.373. The highest BCUT2D eigenvalue weighted by molar-refractivity contribution is 8.13. The summed E-state index contributed by atoms with van der Waals surface area (Å²) in [5, 5.41) is 1.19. The van der Waals surface area contributed by atoms with Crippen LogP contribution in [0.1, 0.15) is 37.8 Å². The summed E-state index contributed by atoms with van der Waals surface area (Å²) in [5.41, 5.74) is 0.956. The van der Waals surface area contributed by atoms with Gasteiger partial charge in [0.1, 0.15) is 5.75 Å². The smallest absolute Gasteiger partial charge is 0.202 e. The van der Waals surface area contributed by atoms with Crippen LogP contribution in [0.15, 0.2) is 29.3 Å². The topological polar surface area (TPSA) is 24.8 Å². The lowest BCUT2D eigenvalue weighted by atomic mass is 9.91. The predicted molar refractivity (Wildman–Crippen MR) is 78.7 cm³/mol. The molecule has 1 fully saturated rings. The standard InChI is InChI=1S/C15H18N2OS/c1-15-10-12(11-6-2-3-7-13(11)18-15)17-8-4-5-9-19-14(17)16-15/h2-3,6-7,12H,4-5,8-10H2,1H3/t12-,15-/m1/s1. The summed E-state index contributed by atoms with van der Waals surface area (Å²) in [4.78, 5) is 7.40. The van der Waals surface area contributed by atoms with Crippen molar-refractivity contribution < 1.29 is 4.74 Å². The van der Waals surface area contributed by atoms with E-state index in [1.807, 2.05) is 17.8 Å². The van der Waals surface area contributed by atoms with E-state index in [4.69, 9.17) is 9.73 Å². The Morgan fingerprint density at radius 1 is 1.37 bits per heavy atom. The van der Waals surface area contributed by atoms with Gasteiger partial charge in [-0.05, 0) is 25.8 Å². The Labute approximate surface area is 118 Å². The second kappa shape index (κ2) is 4.17. The molecule has 0 radical (unpaired) electrons. The molecule has 3 heterocycles. The second-order valence-corrected chi connectivity index (χ2v) is 6.74. The Balaban J connectivity index is 1.83. The third kappa shape index (κ3) is 1.84. The average molecular weight is 274 g/mol. The molecular formula is C15H18N2OS. The van der Waals surface area contributed by atoms with Crippen LogP contribution in [0.5, 0.6) is 5.75 Å². The molecule has 1 aromatic rings. The molecule has 1 aromatic carbocycles. The van der Waals surface area contributed by atoms with Crippen molar-refractivity contribution in [3.63, 3.8) is 0 Å². The molecule has 3 aliphatic rings. The summed E-state index contributed by atoms with van der Waals surface area (Å²) in [6.07, 6.45) is 3.52. The number of para-hydroxylation sites is 1. The van der Waals surface area contributed by atoms with Crippen molar-refractivity contribution in [3.05, 3.63) is 29.8 Å². The van der Waals surface area contributed by atoms with E-state index >= 15 is 0 Å². The van der Waals surface area contributed by atoms with Gasteiger partial charge in [-0.1, -0.05) is 30.0 Å². The second-order valence-electron chi connectivity index (χ2n) is 5.68. The van der Waals surface area contributed by atoms with E-state index in [2.05, 4.69) is 30.0 Å². The van der Waals surface area contributed by atoms with Crippen LogP contribution in [0.4, 0.5) is 0 Å². The van der Waals surface area contributed by atoms with E-state index in [-0.39, 0.29) is 5.72 Å². The predicted octanol–water partition coefficient (Wildman–Crippen LogP) is 3.43. The molecule has 4 heteroatoms. The van der Waals surface area contributed by atoms with Crippen molar-refractivity contribution in [1.82, 2.24) is 4.90 Å². The van der Waals surface area contributed by atoms with E-state index in [0.29, 0.717) is 6.04 Å². The molecule has 19 heavy (non-hydrogen) atoms. The normalized spacial score (nSPS) is 32.6. The quantitative estimate of drug-likeness (QED) is 0.724. The monoisotopic (exact) mass is 274 g/mol. The van der Waals surface area contributed by atoms with Crippen LogP contribution in [0.25, 0.3) is 0 Å². The molecule has 2 bridgehead atoms. The van der Waals surface area contributed by atoms with E-state index in [1.165, 1.54) is 29.3 Å². The van der Waals surface area contributed by atoms with Crippen LogP contribution in [0, 0.1) is 0 Å². The molecule has 0 amide bonds. The van der Waals surface area contributed by atoms with Crippen molar-refractivity contribution in [2.45, 2.75) is 38.0 Å². The average Bonchev–Trinajstić information content (AvgIpc) is 2.63. The highest BCUT2D eigenvalue weighted by Gasteiger charge is 2.45. The zero-order valence-corrected chi connectivity index (χ0v) is 11.9. The zero-order valence-electron chi connectivity index (χ0n) is 11.1. The van der Waals surface area contributed by atoms with Gasteiger partial charge in [0.05, 0.1) is 6.04 Å². The van der Waals surface area contributed by atoms with E-state index in [0.717, 1.165) is 18.7 Å². The largest absolute Gasteiger partial charge is 0.466 e. The number of benzene rings is 1. The summed E-state index contributed by atoms with van der Waals surface area (Å²) in [6.45, 7) is 3.24. The molecule has 1 saturated heterocycles. The number of ether oxygens (including phenoxy) is 1. The highest BCUT2D eigenvalue weighted by Crippen LogP contribution is 2.47. The fraction of sp³-hybridized carbons (Fsp3) is 0.533. The van der Waals surface area contributed by atoms with Gasteiger partial charge >= 0.3 is 0 Å². The van der Waals surface area contributed by atoms with Crippen LogP contribution in [-0.2, 0) is 0 Å². The van der Waals surface area contributed by atoms with E-state index in [1.54, 1.807) is 0 Å². The first-order chi connectivity index (χ1) is 9.25. The fourth-order valence-electron chi connectivity index (χ4n) is 3.26. The molecule has 3 aliphatic heterocycles. The first-order valence-corrected chi connectivity index (χ1v) is 8.01. The lowest BCUT2D eigenvalue weighted by Gasteiger charge is -2.47. The lowest BCUT2D eigenvalue weighted by Crippen LogP contribution is -2.49. The van der Waals surface area contributed by atoms with Gasteiger partial charge in [0.15, 0.2) is 5.17 Å². The summed E-state index contributed by atoms with van der Waals surface area (Å²) < 4.78 is 6.15. The molecular weight excluding hydrogens is 256 g/mol. The van der Waals surface area contributed by atoms with Crippen LogP contribution in [-0.4, -0.2) is 28.1 Å². The van der Waals surface area contributed by atoms with Gasteiger partial charge in [-0.25, -0.2) is 4.99 Å². The van der Waals surface area contributed by atoms with Crippen molar-refractivity contribution in [2.24, 2.45) is 4.99 Å². The van der Waals surface area contributed by atoms with Gasteiger partial charge in [0, 0.05) is 24.3 Å². The van der Waals surface area contributed by atoms with E-state index < -0.39 is 0 Å². The first-order valence-electron chi connectivity index (χ1n) is 7.02. The maximum absolute atomic E-state index is 6.15. The number of hydrogen-bond acceptors (Lipinski definition) is 4. The lowest BCUT2D eigenvalue weighted by molar-refractivity contribution is 0.0249. The molecule has 0 N–H and O–H groups in total. The SMILES string of the molecule is C[C@]12C[C@H](c3ccccc3O1)N1CCCCSC1=N2. The van der Waals surface area contributed by atoms with E-state index in [9.17, 15) is 0 Å². The van der Waals surface area contributed by atoms with Gasteiger partial charge in [0.25, 0.3) is 0 Å². The molecule has 3 nitrogen and oxygen atoms in total. The zero-order chi connectivity index (χ0) is 12.9. The molecule has 0 saturated carbocycles. The minimum atomic E-state index is -0.373. The molecule has 0 aliphatic carbocycles. The third-order valence-electron chi connectivity index (χ3n) is 4.16.